The molecule has 0 bridgehead atoms. The van der Waals surface area contributed by atoms with Gasteiger partial charge in [0.05, 0.1) is 18.8 Å². The second-order valence-electron chi connectivity index (χ2n) is 14.5. The van der Waals surface area contributed by atoms with Crippen molar-refractivity contribution in [3.8, 4) is 0 Å². The van der Waals surface area contributed by atoms with Crippen molar-refractivity contribution in [3.63, 3.8) is 0 Å². The molecule has 7 atom stereocenters. The first kappa shape index (κ1) is 25.1. The molecule has 7 rings (SSSR count). The van der Waals surface area contributed by atoms with Crippen molar-refractivity contribution in [2.45, 2.75) is 108 Å². The second kappa shape index (κ2) is 8.08. The maximum absolute atomic E-state index is 13.3. The molecule has 6 aliphatic rings. The summed E-state index contributed by atoms with van der Waals surface area (Å²) < 4.78 is 13.0. The molecule has 0 amide bonds. The van der Waals surface area contributed by atoms with Crippen molar-refractivity contribution in [1.29, 1.82) is 0 Å². The van der Waals surface area contributed by atoms with Gasteiger partial charge < -0.3 is 14.6 Å². The van der Waals surface area contributed by atoms with Gasteiger partial charge in [-0.05, 0) is 91.2 Å². The summed E-state index contributed by atoms with van der Waals surface area (Å²) in [7, 11) is 0. The van der Waals surface area contributed by atoms with Gasteiger partial charge in [0, 0.05) is 40.4 Å². The van der Waals surface area contributed by atoms with E-state index >= 15 is 0 Å². The van der Waals surface area contributed by atoms with E-state index in [1.54, 1.807) is 0 Å². The molecule has 1 aromatic carbocycles. The van der Waals surface area contributed by atoms with Crippen LogP contribution in [-0.4, -0.2) is 41.2 Å². The molecule has 37 heavy (non-hydrogen) atoms. The minimum Gasteiger partial charge on any atom is -0.389 e. The largest absolute Gasteiger partial charge is 0.389 e. The summed E-state index contributed by atoms with van der Waals surface area (Å²) >= 11 is 1.90. The molecular formula is C32H44O4S. The van der Waals surface area contributed by atoms with Gasteiger partial charge in [-0.25, -0.2) is 0 Å². The second-order valence-corrected chi connectivity index (χ2v) is 15.8. The van der Waals surface area contributed by atoms with E-state index in [2.05, 4.69) is 45.9 Å². The van der Waals surface area contributed by atoms with E-state index in [1.165, 1.54) is 16.0 Å². The molecule has 1 saturated heterocycles. The van der Waals surface area contributed by atoms with Crippen molar-refractivity contribution in [2.24, 2.45) is 34.0 Å². The third-order valence-electron chi connectivity index (χ3n) is 11.9. The number of hydrogen-bond donors (Lipinski definition) is 1. The summed E-state index contributed by atoms with van der Waals surface area (Å²) in [6.45, 7) is 10.3. The lowest BCUT2D eigenvalue weighted by Crippen LogP contribution is -2.70. The number of carbonyl (C=O) groups excluding carboxylic acids is 1. The minimum atomic E-state index is -0.798. The monoisotopic (exact) mass is 524 g/mol. The van der Waals surface area contributed by atoms with E-state index in [0.29, 0.717) is 49.1 Å². The molecule has 5 aliphatic carbocycles. The smallest absolute Gasteiger partial charge is 0.171 e. The number of rotatable bonds is 2. The predicted octanol–water partition coefficient (Wildman–Crippen LogP) is 6.52. The number of aliphatic hydroxyl groups is 1. The lowest BCUT2D eigenvalue weighted by atomic mass is 9.37. The van der Waals surface area contributed by atoms with Gasteiger partial charge in [0.15, 0.2) is 5.79 Å². The Bertz CT molecular complexity index is 1120. The molecule has 0 radical (unpaired) electrons. The van der Waals surface area contributed by atoms with Gasteiger partial charge in [-0.3, -0.25) is 4.79 Å². The molecule has 1 heterocycles. The molecule has 0 aromatic heterocycles. The molecule has 4 saturated carbocycles. The Morgan fingerprint density at radius 1 is 1.08 bits per heavy atom. The fourth-order valence-electron chi connectivity index (χ4n) is 10.3. The van der Waals surface area contributed by atoms with Crippen molar-refractivity contribution in [1.82, 2.24) is 0 Å². The van der Waals surface area contributed by atoms with Crippen LogP contribution in [0.3, 0.4) is 0 Å². The van der Waals surface area contributed by atoms with Crippen molar-refractivity contribution >= 4 is 17.5 Å². The number of Topliss-reactive ketones (excluding diaryl/α,β-unsaturated/α-hetero) is 1. The highest BCUT2D eigenvalue weighted by atomic mass is 32.2. The number of hydrogen-bond acceptors (Lipinski definition) is 5. The zero-order valence-electron chi connectivity index (χ0n) is 23.1. The van der Waals surface area contributed by atoms with Crippen LogP contribution in [0.2, 0.25) is 0 Å². The first-order valence-corrected chi connectivity index (χ1v) is 15.8. The number of fused-ring (bicyclic) bond motifs is 4. The zero-order chi connectivity index (χ0) is 25.8. The lowest BCUT2D eigenvalue weighted by Gasteiger charge is -2.69. The zero-order valence-corrected chi connectivity index (χ0v) is 23.9. The average Bonchev–Trinajstić information content (AvgIpc) is 3.16. The highest BCUT2D eigenvalue weighted by Crippen LogP contribution is 2.73. The summed E-state index contributed by atoms with van der Waals surface area (Å²) in [5, 5.41) is 12.8. The molecule has 4 nitrogen and oxygen atoms in total. The summed E-state index contributed by atoms with van der Waals surface area (Å²) in [6, 6.07) is 7.11. The third kappa shape index (κ3) is 3.42. The van der Waals surface area contributed by atoms with Crippen LogP contribution in [-0.2, 0) is 20.7 Å². The summed E-state index contributed by atoms with van der Waals surface area (Å²) in [5.41, 5.74) is 1.75. The topological polar surface area (TPSA) is 55.8 Å². The van der Waals surface area contributed by atoms with Gasteiger partial charge in [-0.15, -0.1) is 11.8 Å². The number of ketones is 1. The normalized spacial score (nSPS) is 45.1. The SMILES string of the molecule is CCSc1ccc2c(c1)C[C@]13CCC4(C[C@]1(O)CC[C@@H]1C3C2C[C@]2(C)C(=O)CC[C@@H]12)OCC(C)(C)CO4. The van der Waals surface area contributed by atoms with E-state index in [4.69, 9.17) is 9.47 Å². The Hall–Kier alpha value is -0.880. The molecule has 1 aromatic rings. The summed E-state index contributed by atoms with van der Waals surface area (Å²) in [6.07, 6.45) is 7.92. The fourth-order valence-corrected chi connectivity index (χ4v) is 11.0. The summed E-state index contributed by atoms with van der Waals surface area (Å²) in [5.74, 6) is 2.68. The molecule has 5 fully saturated rings. The standard InChI is InChI=1S/C32H44O4S/c1-5-37-21-6-7-22-20(14-21)15-30-12-13-32(35-18-28(2,3)19-36-32)17-31(30,34)11-10-23-25-8-9-26(33)29(25,4)16-24(22)27(23)30/h6-7,14,23-25,27,34H,5,8-13,15-19H2,1-4H3/t23-,24?,25-,27?,29-,30-,31+/m0/s1. The van der Waals surface area contributed by atoms with E-state index < -0.39 is 11.4 Å². The lowest BCUT2D eigenvalue weighted by molar-refractivity contribution is -0.357. The van der Waals surface area contributed by atoms with Crippen LogP contribution in [0.4, 0.5) is 0 Å². The Morgan fingerprint density at radius 2 is 1.86 bits per heavy atom. The Labute approximate surface area is 226 Å². The molecule has 202 valence electrons. The Morgan fingerprint density at radius 3 is 2.62 bits per heavy atom. The van der Waals surface area contributed by atoms with Crippen LogP contribution in [0.1, 0.15) is 96.1 Å². The van der Waals surface area contributed by atoms with Crippen molar-refractivity contribution in [2.75, 3.05) is 19.0 Å². The van der Waals surface area contributed by atoms with Crippen LogP contribution >= 0.6 is 11.8 Å². The third-order valence-corrected chi connectivity index (χ3v) is 12.8. The van der Waals surface area contributed by atoms with E-state index in [9.17, 15) is 9.90 Å². The number of ether oxygens (including phenoxy) is 2. The van der Waals surface area contributed by atoms with Crippen LogP contribution < -0.4 is 0 Å². The molecule has 1 N–H and O–H groups in total. The van der Waals surface area contributed by atoms with E-state index in [0.717, 1.165) is 57.1 Å². The Kier molecular flexibility index (Phi) is 5.49. The van der Waals surface area contributed by atoms with Crippen LogP contribution in [0.15, 0.2) is 23.1 Å². The maximum atomic E-state index is 13.3. The first-order chi connectivity index (χ1) is 17.5. The predicted molar refractivity (Wildman–Crippen MR) is 146 cm³/mol. The molecule has 5 heteroatoms. The van der Waals surface area contributed by atoms with Gasteiger partial charge in [-0.2, -0.15) is 0 Å². The number of thioether (sulfide) groups is 1. The van der Waals surface area contributed by atoms with Gasteiger partial charge >= 0.3 is 0 Å². The quantitative estimate of drug-likeness (QED) is 0.446. The first-order valence-electron chi connectivity index (χ1n) is 14.8. The molecule has 2 spiro atoms. The molecule has 1 aliphatic heterocycles. The van der Waals surface area contributed by atoms with Crippen LogP contribution in [0, 0.1) is 34.0 Å². The summed E-state index contributed by atoms with van der Waals surface area (Å²) in [4.78, 5) is 14.7. The maximum Gasteiger partial charge on any atom is 0.171 e. The number of carbonyl (C=O) groups is 1. The van der Waals surface area contributed by atoms with Gasteiger partial charge in [-0.1, -0.05) is 33.8 Å². The average molecular weight is 525 g/mol. The van der Waals surface area contributed by atoms with Crippen LogP contribution in [0.25, 0.3) is 0 Å². The van der Waals surface area contributed by atoms with Gasteiger partial charge in [0.2, 0.25) is 0 Å². The molecular weight excluding hydrogens is 480 g/mol. The minimum absolute atomic E-state index is 0.0196. The highest BCUT2D eigenvalue weighted by Gasteiger charge is 2.72. The fraction of sp³-hybridized carbons (Fsp3) is 0.781. The van der Waals surface area contributed by atoms with Gasteiger partial charge in [0.25, 0.3) is 0 Å². The van der Waals surface area contributed by atoms with Crippen LogP contribution in [0.5, 0.6) is 0 Å². The van der Waals surface area contributed by atoms with Crippen molar-refractivity contribution < 1.29 is 19.4 Å². The number of benzene rings is 1. The van der Waals surface area contributed by atoms with E-state index in [1.807, 2.05) is 11.8 Å². The van der Waals surface area contributed by atoms with Crippen molar-refractivity contribution in [3.05, 3.63) is 29.3 Å². The highest BCUT2D eigenvalue weighted by molar-refractivity contribution is 7.99. The Balaban J connectivity index is 1.33. The van der Waals surface area contributed by atoms with E-state index in [-0.39, 0.29) is 16.2 Å². The molecule has 2 unspecified atom stereocenters. The van der Waals surface area contributed by atoms with Gasteiger partial charge in [0.1, 0.15) is 5.78 Å².